The highest BCUT2D eigenvalue weighted by molar-refractivity contribution is 5.79. The van der Waals surface area contributed by atoms with Crippen molar-refractivity contribution in [2.45, 2.75) is 33.1 Å². The number of aryl methyl sites for hydroxylation is 2. The van der Waals surface area contributed by atoms with Crippen LogP contribution >= 0.6 is 0 Å². The molecule has 0 aromatic heterocycles. The van der Waals surface area contributed by atoms with Gasteiger partial charge in [-0.2, -0.15) is 0 Å². The molecule has 0 radical (unpaired) electrons. The van der Waals surface area contributed by atoms with Crippen molar-refractivity contribution in [3.05, 3.63) is 59.7 Å². The monoisotopic (exact) mass is 424 g/mol. The van der Waals surface area contributed by atoms with Gasteiger partial charge in [0.2, 0.25) is 5.91 Å². The summed E-state index contributed by atoms with van der Waals surface area (Å²) in [6.45, 7) is 7.05. The van der Waals surface area contributed by atoms with Crippen molar-refractivity contribution in [2.24, 2.45) is 0 Å². The van der Waals surface area contributed by atoms with Gasteiger partial charge in [-0.3, -0.25) is 9.59 Å². The molecule has 6 nitrogen and oxygen atoms in total. The predicted molar refractivity (Wildman–Crippen MR) is 120 cm³/mol. The molecule has 0 atom stereocenters. The van der Waals surface area contributed by atoms with Gasteiger partial charge in [-0.15, -0.1) is 0 Å². The van der Waals surface area contributed by atoms with Gasteiger partial charge < -0.3 is 19.3 Å². The van der Waals surface area contributed by atoms with Gasteiger partial charge in [0, 0.05) is 32.6 Å². The zero-order valence-corrected chi connectivity index (χ0v) is 18.5. The first-order chi connectivity index (χ1) is 15.0. The van der Waals surface area contributed by atoms with E-state index in [0.29, 0.717) is 45.0 Å². The lowest BCUT2D eigenvalue weighted by Gasteiger charge is -2.22. The second-order valence-corrected chi connectivity index (χ2v) is 7.79. The first-order valence-corrected chi connectivity index (χ1v) is 11.0. The predicted octanol–water partition coefficient (Wildman–Crippen LogP) is 3.47. The van der Waals surface area contributed by atoms with Crippen LogP contribution in [-0.2, 0) is 16.0 Å². The Hall–Kier alpha value is -3.02. The van der Waals surface area contributed by atoms with Crippen LogP contribution in [0.15, 0.2) is 48.5 Å². The molecule has 166 valence electrons. The van der Waals surface area contributed by atoms with Gasteiger partial charge in [0.15, 0.2) is 6.61 Å². The summed E-state index contributed by atoms with van der Waals surface area (Å²) in [5.74, 6) is 1.52. The number of carbonyl (C=O) groups excluding carboxylic acids is 2. The van der Waals surface area contributed by atoms with Crippen molar-refractivity contribution < 1.29 is 19.1 Å². The molecule has 1 aliphatic rings. The van der Waals surface area contributed by atoms with Crippen molar-refractivity contribution >= 4 is 11.8 Å². The van der Waals surface area contributed by atoms with Crippen LogP contribution in [0.2, 0.25) is 0 Å². The van der Waals surface area contributed by atoms with E-state index in [0.717, 1.165) is 18.6 Å². The summed E-state index contributed by atoms with van der Waals surface area (Å²) in [6, 6.07) is 15.6. The minimum absolute atomic E-state index is 0.00461. The van der Waals surface area contributed by atoms with Crippen LogP contribution in [0.4, 0.5) is 0 Å². The third-order valence-electron chi connectivity index (χ3n) is 5.45. The fourth-order valence-corrected chi connectivity index (χ4v) is 3.62. The van der Waals surface area contributed by atoms with Gasteiger partial charge in [0.1, 0.15) is 11.5 Å². The largest absolute Gasteiger partial charge is 0.494 e. The Bertz CT molecular complexity index is 849. The normalized spacial score (nSPS) is 14.1. The highest BCUT2D eigenvalue weighted by atomic mass is 16.5. The van der Waals surface area contributed by atoms with Gasteiger partial charge in [0.25, 0.3) is 5.91 Å². The molecule has 0 unspecified atom stereocenters. The number of ether oxygens (including phenoxy) is 2. The van der Waals surface area contributed by atoms with Gasteiger partial charge in [-0.1, -0.05) is 29.8 Å². The average molecular weight is 425 g/mol. The van der Waals surface area contributed by atoms with Crippen LogP contribution in [-0.4, -0.2) is 61.0 Å². The van der Waals surface area contributed by atoms with Crippen LogP contribution in [0, 0.1) is 6.92 Å². The number of carbonyl (C=O) groups is 2. The quantitative estimate of drug-likeness (QED) is 0.651. The Morgan fingerprint density at radius 2 is 1.39 bits per heavy atom. The van der Waals surface area contributed by atoms with E-state index in [2.05, 4.69) is 31.2 Å². The summed E-state index contributed by atoms with van der Waals surface area (Å²) >= 11 is 0. The van der Waals surface area contributed by atoms with Crippen LogP contribution in [0.5, 0.6) is 11.5 Å². The maximum Gasteiger partial charge on any atom is 0.260 e. The SMILES string of the molecule is CCOc1ccc(OCC(=O)N2CCCN(C(=O)CCc3ccc(C)cc3)CC2)cc1. The van der Waals surface area contributed by atoms with E-state index in [-0.39, 0.29) is 18.4 Å². The molecule has 0 N–H and O–H groups in total. The Kier molecular flexibility index (Phi) is 8.33. The summed E-state index contributed by atoms with van der Waals surface area (Å²) in [4.78, 5) is 28.9. The second kappa shape index (κ2) is 11.4. The van der Waals surface area contributed by atoms with Crippen LogP contribution in [0.3, 0.4) is 0 Å². The molecule has 1 heterocycles. The summed E-state index contributed by atoms with van der Waals surface area (Å²) in [5.41, 5.74) is 2.40. The molecule has 1 aliphatic heterocycles. The Morgan fingerprint density at radius 1 is 0.806 bits per heavy atom. The highest BCUT2D eigenvalue weighted by Crippen LogP contribution is 2.18. The lowest BCUT2D eigenvalue weighted by atomic mass is 10.1. The Balaban J connectivity index is 1.42. The number of nitrogens with zero attached hydrogens (tertiary/aromatic N) is 2. The molecule has 3 rings (SSSR count). The molecular weight excluding hydrogens is 392 g/mol. The number of amides is 2. The minimum atomic E-state index is -0.0529. The molecule has 31 heavy (non-hydrogen) atoms. The topological polar surface area (TPSA) is 59.1 Å². The van der Waals surface area contributed by atoms with Crippen LogP contribution in [0.1, 0.15) is 30.9 Å². The lowest BCUT2D eigenvalue weighted by Crippen LogP contribution is -2.39. The van der Waals surface area contributed by atoms with E-state index in [1.165, 1.54) is 11.1 Å². The zero-order chi connectivity index (χ0) is 22.1. The van der Waals surface area contributed by atoms with Crippen LogP contribution < -0.4 is 9.47 Å². The third kappa shape index (κ3) is 7.02. The van der Waals surface area contributed by atoms with E-state index in [9.17, 15) is 9.59 Å². The first kappa shape index (κ1) is 22.7. The number of hydrogen-bond acceptors (Lipinski definition) is 4. The summed E-state index contributed by atoms with van der Waals surface area (Å²) in [7, 11) is 0. The fourth-order valence-electron chi connectivity index (χ4n) is 3.62. The molecule has 2 amide bonds. The van der Waals surface area contributed by atoms with Crippen LogP contribution in [0.25, 0.3) is 0 Å². The minimum Gasteiger partial charge on any atom is -0.494 e. The first-order valence-electron chi connectivity index (χ1n) is 11.0. The molecule has 2 aromatic rings. The number of hydrogen-bond donors (Lipinski definition) is 0. The zero-order valence-electron chi connectivity index (χ0n) is 18.5. The standard InChI is InChI=1S/C25H32N2O4/c1-3-30-22-10-12-23(13-11-22)31-19-25(29)27-16-4-15-26(17-18-27)24(28)14-9-21-7-5-20(2)6-8-21/h5-8,10-13H,3-4,9,14-19H2,1-2H3. The highest BCUT2D eigenvalue weighted by Gasteiger charge is 2.22. The summed E-state index contributed by atoms with van der Waals surface area (Å²) in [6.07, 6.45) is 2.02. The molecule has 0 bridgehead atoms. The van der Waals surface area contributed by atoms with E-state index in [4.69, 9.17) is 9.47 Å². The van der Waals surface area contributed by atoms with Gasteiger partial charge in [-0.25, -0.2) is 0 Å². The van der Waals surface area contributed by atoms with Crippen molar-refractivity contribution in [2.75, 3.05) is 39.4 Å². The third-order valence-corrected chi connectivity index (χ3v) is 5.45. The molecule has 0 saturated carbocycles. The molecule has 2 aromatic carbocycles. The average Bonchev–Trinajstić information content (AvgIpc) is 3.04. The fraction of sp³-hybridized carbons (Fsp3) is 0.440. The molecule has 1 fully saturated rings. The van der Waals surface area contributed by atoms with Gasteiger partial charge >= 0.3 is 0 Å². The lowest BCUT2D eigenvalue weighted by molar-refractivity contribution is -0.134. The van der Waals surface area contributed by atoms with E-state index in [1.807, 2.05) is 24.0 Å². The van der Waals surface area contributed by atoms with E-state index in [1.54, 1.807) is 17.0 Å². The number of benzene rings is 2. The summed E-state index contributed by atoms with van der Waals surface area (Å²) in [5, 5.41) is 0. The summed E-state index contributed by atoms with van der Waals surface area (Å²) < 4.78 is 11.0. The Labute approximate surface area is 184 Å². The van der Waals surface area contributed by atoms with Gasteiger partial charge in [-0.05, 0) is 56.5 Å². The maximum absolute atomic E-state index is 12.6. The Morgan fingerprint density at radius 3 is 2.00 bits per heavy atom. The van der Waals surface area contributed by atoms with E-state index < -0.39 is 0 Å². The smallest absolute Gasteiger partial charge is 0.260 e. The van der Waals surface area contributed by atoms with Gasteiger partial charge in [0.05, 0.1) is 6.61 Å². The molecule has 0 spiro atoms. The maximum atomic E-state index is 12.6. The van der Waals surface area contributed by atoms with Crippen molar-refractivity contribution in [3.8, 4) is 11.5 Å². The van der Waals surface area contributed by atoms with E-state index >= 15 is 0 Å². The molecule has 0 aliphatic carbocycles. The van der Waals surface area contributed by atoms with Crippen molar-refractivity contribution in [1.29, 1.82) is 0 Å². The van der Waals surface area contributed by atoms with Crippen molar-refractivity contribution in [1.82, 2.24) is 9.80 Å². The molecule has 1 saturated heterocycles. The number of rotatable bonds is 8. The second-order valence-electron chi connectivity index (χ2n) is 7.79. The van der Waals surface area contributed by atoms with Crippen molar-refractivity contribution in [3.63, 3.8) is 0 Å². The molecular formula is C25H32N2O4. The molecule has 6 heteroatoms.